The van der Waals surface area contributed by atoms with Crippen LogP contribution in [0.15, 0.2) is 193 Å². The van der Waals surface area contributed by atoms with Crippen molar-refractivity contribution in [1.82, 2.24) is 55.6 Å². The molecule has 0 bridgehead atoms. The molecule has 0 saturated carbocycles. The number of hydrogen-bond donors (Lipinski definition) is 1. The Kier molecular flexibility index (Phi) is 29.1. The van der Waals surface area contributed by atoms with Gasteiger partial charge >= 0.3 is 0 Å². The zero-order chi connectivity index (χ0) is 85.4. The van der Waals surface area contributed by atoms with Gasteiger partial charge in [0.05, 0.1) is 34.0 Å². The van der Waals surface area contributed by atoms with Gasteiger partial charge in [0.2, 0.25) is 0 Å². The number of fused-ring (bicyclic) bond motifs is 10. The van der Waals surface area contributed by atoms with E-state index in [1.165, 1.54) is 212 Å². The van der Waals surface area contributed by atoms with Gasteiger partial charge in [0.25, 0.3) is 0 Å². The van der Waals surface area contributed by atoms with Crippen molar-refractivity contribution < 1.29 is 27.4 Å². The first kappa shape index (κ1) is 87.0. The second-order valence-corrected chi connectivity index (χ2v) is 36.4. The molecule has 0 radical (unpaired) electrons. The standard InChI is InChI=1S/C22H29N3O.2C22H26N2O.C21H24N2O.C20H22N2O2/c1-24(2)15-20-18-7-5-4-6-17(18)14-19-21(23-26-22(19)20)9-8-16-10-12-25(3)13-11-16;2*1-3-6-19-18-8-5-4-7-17(18)15-20-21(23-25-22(19)20)10-9-16-11-13-24(2)14-12-16;1-2-5-18-17-7-4-3-6-16(17)14-19-20(23-24-21(18)19)9-8-15-10-12-22-13-11-15;1-22-10-8-14(9-11-22)6-7-19-17-12-15-4-2-3-5-16(15)18(13-23)20(17)24-21-19/h4-7,14,16H,8-13,15H2,1-3H3;2*3-8,15-16H,9-14H2,1-2H3;2-7,14-15,22H,8-13H2,1H3;2-5,12-14H,6-11H2,1H3. The Morgan fingerprint density at radius 2 is 0.573 bits per heavy atom. The molecule has 0 amide bonds. The van der Waals surface area contributed by atoms with Crippen LogP contribution in [-0.2, 0) is 38.6 Å². The average Bonchev–Trinajstić information content (AvgIpc) is 1.59. The van der Waals surface area contributed by atoms with E-state index in [4.69, 9.17) is 22.6 Å². The van der Waals surface area contributed by atoms with Crippen molar-refractivity contribution >= 4 is 133 Å². The molecule has 5 aromatic heterocycles. The van der Waals surface area contributed by atoms with Crippen LogP contribution in [0.4, 0.5) is 0 Å². The monoisotopic (exact) mass is 1660 g/mol. The highest BCUT2D eigenvalue weighted by atomic mass is 16.5. The van der Waals surface area contributed by atoms with E-state index in [0.29, 0.717) is 11.1 Å². The lowest BCUT2D eigenvalue weighted by molar-refractivity contribution is 0.112. The number of nitrogens with one attached hydrogen (secondary N) is 1. The number of aromatic nitrogens is 5. The SMILES string of the molecule is CC=Cc1c2ccccc2cc2c(CCC3CCN(C)CC3)noc12.CC=Cc1c2ccccc2cc2c(CCC3CCN(C)CC3)noc12.CC=Cc1c2ccccc2cc2c(CCC3CCNCC3)noc12.CN(C)Cc1c2ccccc2cc2c(CCC3CCN(C)CC3)noc12.CN1CCC(CCc2noc3c(C=O)c4ccccc4cc23)CC1. The van der Waals surface area contributed by atoms with E-state index in [9.17, 15) is 4.79 Å². The van der Waals surface area contributed by atoms with Gasteiger partial charge in [-0.15, -0.1) is 0 Å². The molecule has 0 aliphatic carbocycles. The number of likely N-dealkylation sites (tertiary alicyclic amines) is 4. The van der Waals surface area contributed by atoms with Crippen LogP contribution >= 0.6 is 0 Å². The quantitative estimate of drug-likeness (QED) is 0.0672. The first-order valence-corrected chi connectivity index (χ1v) is 46.2. The molecule has 17 nitrogen and oxygen atoms in total. The van der Waals surface area contributed by atoms with Crippen LogP contribution in [0.1, 0.15) is 178 Å². The molecule has 17 heteroatoms. The third kappa shape index (κ3) is 20.5. The third-order valence-corrected chi connectivity index (χ3v) is 27.4. The minimum Gasteiger partial charge on any atom is -0.356 e. The molecule has 5 saturated heterocycles. The Labute approximate surface area is 731 Å². The number of carbonyl (C=O) groups is 1. The summed E-state index contributed by atoms with van der Waals surface area (Å²) in [5, 5.41) is 43.2. The number of allylic oxidation sites excluding steroid dienone is 3. The smallest absolute Gasteiger partial charge is 0.178 e. The van der Waals surface area contributed by atoms with Gasteiger partial charge in [-0.1, -0.05) is 184 Å². The highest BCUT2D eigenvalue weighted by Gasteiger charge is 2.27. The summed E-state index contributed by atoms with van der Waals surface area (Å²) in [5.74, 6) is 4.03. The Balaban J connectivity index is 0.000000115. The predicted octanol–water partition coefficient (Wildman–Crippen LogP) is 23.9. The Hall–Kier alpha value is -10.5. The van der Waals surface area contributed by atoms with Crippen molar-refractivity contribution in [1.29, 1.82) is 0 Å². The Bertz CT molecular complexity index is 6030. The van der Waals surface area contributed by atoms with E-state index in [1.807, 2.05) is 45.0 Å². The molecule has 5 aliphatic rings. The summed E-state index contributed by atoms with van der Waals surface area (Å²) in [7, 11) is 13.0. The lowest BCUT2D eigenvalue weighted by atomic mass is 9.91. The lowest BCUT2D eigenvalue weighted by Crippen LogP contribution is -2.30. The van der Waals surface area contributed by atoms with Gasteiger partial charge in [0, 0.05) is 55.7 Å². The zero-order valence-corrected chi connectivity index (χ0v) is 74.7. The first-order chi connectivity index (χ1) is 60.8. The van der Waals surface area contributed by atoms with Crippen molar-refractivity contribution in [3.05, 3.63) is 226 Å². The minimum absolute atomic E-state index is 0.612. The largest absolute Gasteiger partial charge is 0.356 e. The fourth-order valence-electron chi connectivity index (χ4n) is 19.9. The van der Waals surface area contributed by atoms with Crippen LogP contribution in [0.3, 0.4) is 0 Å². The molecule has 10 aromatic carbocycles. The summed E-state index contributed by atoms with van der Waals surface area (Å²) in [6, 6.07) is 53.2. The number of nitrogens with zero attached hydrogens (tertiary/aromatic N) is 10. The molecular formula is C107H127N11O6. The molecule has 10 heterocycles. The fourth-order valence-corrected chi connectivity index (χ4v) is 19.9. The van der Waals surface area contributed by atoms with Crippen LogP contribution in [0.25, 0.3) is 127 Å². The summed E-state index contributed by atoms with van der Waals surface area (Å²) in [5.41, 5.74) is 15.1. The summed E-state index contributed by atoms with van der Waals surface area (Å²) in [4.78, 5) is 23.5. The maximum atomic E-state index is 11.6. The van der Waals surface area contributed by atoms with Gasteiger partial charge in [-0.25, -0.2) is 0 Å². The second kappa shape index (κ2) is 41.5. The van der Waals surface area contributed by atoms with Crippen molar-refractivity contribution in [2.24, 2.45) is 29.6 Å². The van der Waals surface area contributed by atoms with Gasteiger partial charge < -0.3 is 52.4 Å². The van der Waals surface area contributed by atoms with Crippen molar-refractivity contribution in [3.8, 4) is 0 Å². The summed E-state index contributed by atoms with van der Waals surface area (Å²) in [6.45, 7) is 19.0. The second-order valence-electron chi connectivity index (χ2n) is 36.4. The van der Waals surface area contributed by atoms with Crippen LogP contribution in [0, 0.1) is 29.6 Å². The van der Waals surface area contributed by atoms with Gasteiger partial charge in [-0.05, 0) is 371 Å². The Morgan fingerprint density at radius 1 is 0.331 bits per heavy atom. The molecule has 20 rings (SSSR count). The highest BCUT2D eigenvalue weighted by molar-refractivity contribution is 6.11. The molecular weight excluding hydrogens is 1540 g/mol. The molecule has 1 N–H and O–H groups in total. The van der Waals surface area contributed by atoms with Crippen molar-refractivity contribution in [3.63, 3.8) is 0 Å². The van der Waals surface area contributed by atoms with E-state index in [-0.39, 0.29) is 0 Å². The Morgan fingerprint density at radius 3 is 0.855 bits per heavy atom. The number of piperidine rings is 5. The molecule has 0 atom stereocenters. The highest BCUT2D eigenvalue weighted by Crippen LogP contribution is 2.40. The van der Waals surface area contributed by atoms with Gasteiger partial charge in [-0.3, -0.25) is 4.79 Å². The normalized spacial score (nSPS) is 17.0. The molecule has 646 valence electrons. The maximum absolute atomic E-state index is 11.6. The first-order valence-electron chi connectivity index (χ1n) is 46.2. The number of rotatable bonds is 21. The molecule has 5 aliphatic heterocycles. The lowest BCUT2D eigenvalue weighted by Gasteiger charge is -2.28. The zero-order valence-electron chi connectivity index (χ0n) is 74.7. The number of benzene rings is 10. The van der Waals surface area contributed by atoms with E-state index < -0.39 is 0 Å². The van der Waals surface area contributed by atoms with Crippen LogP contribution in [0.2, 0.25) is 0 Å². The predicted molar refractivity (Wildman–Crippen MR) is 513 cm³/mol. The molecule has 5 fully saturated rings. The molecule has 0 unspecified atom stereocenters. The van der Waals surface area contributed by atoms with E-state index in [2.05, 4.69) is 262 Å². The average molecular weight is 1660 g/mol. The fraction of sp³-hybridized carbons (Fsp3) is 0.421. The van der Waals surface area contributed by atoms with E-state index >= 15 is 0 Å². The van der Waals surface area contributed by atoms with Crippen LogP contribution in [-0.4, -0.2) is 164 Å². The minimum atomic E-state index is 0.612. The number of aldehydes is 1. The van der Waals surface area contributed by atoms with Crippen LogP contribution in [0.5, 0.6) is 0 Å². The van der Waals surface area contributed by atoms with Crippen molar-refractivity contribution in [2.45, 2.75) is 156 Å². The van der Waals surface area contributed by atoms with Crippen LogP contribution < -0.4 is 5.32 Å². The molecule has 124 heavy (non-hydrogen) atoms. The topological polar surface area (TPSA) is 175 Å². The van der Waals surface area contributed by atoms with Gasteiger partial charge in [-0.2, -0.15) is 0 Å². The number of hydrogen-bond acceptors (Lipinski definition) is 17. The number of aryl methyl sites for hydroxylation is 5. The summed E-state index contributed by atoms with van der Waals surface area (Å²) >= 11 is 0. The summed E-state index contributed by atoms with van der Waals surface area (Å²) in [6.07, 6.45) is 37.3. The van der Waals surface area contributed by atoms with Gasteiger partial charge in [0.15, 0.2) is 34.2 Å². The maximum Gasteiger partial charge on any atom is 0.178 e. The van der Waals surface area contributed by atoms with E-state index in [0.717, 1.165) is 178 Å². The molecule has 0 spiro atoms. The molecule has 15 aromatic rings. The summed E-state index contributed by atoms with van der Waals surface area (Å²) < 4.78 is 28.8. The van der Waals surface area contributed by atoms with Crippen molar-refractivity contribution in [2.75, 3.05) is 108 Å². The number of carbonyl (C=O) groups excluding carboxylic acids is 1. The van der Waals surface area contributed by atoms with Gasteiger partial charge in [0.1, 0.15) is 0 Å². The third-order valence-electron chi connectivity index (χ3n) is 27.4. The van der Waals surface area contributed by atoms with E-state index in [1.54, 1.807) is 0 Å².